The number of thioether (sulfide) groups is 1. The lowest BCUT2D eigenvalue weighted by Gasteiger charge is -2.24. The average Bonchev–Trinajstić information content (AvgIpc) is 2.65. The van der Waals surface area contributed by atoms with E-state index in [9.17, 15) is 19.2 Å². The van der Waals surface area contributed by atoms with Gasteiger partial charge in [0, 0.05) is 5.75 Å². The molecular formula is C16H30N4O5S2. The van der Waals surface area contributed by atoms with Crippen molar-refractivity contribution in [1.82, 2.24) is 16.0 Å². The standard InChI is InChI=1S/C16H30N4O5S2/c1-4-9(2)13(17)16(25)19-10(5-6-27-3)15(24)20-11(8-26)14(23)18-7-12(21)22/h9-11,13,26H,4-8,17H2,1-3H3,(H,18,23)(H,19,25)(H,20,24)(H,21,22). The molecule has 9 nitrogen and oxygen atoms in total. The van der Waals surface area contributed by atoms with Crippen LogP contribution in [-0.2, 0) is 19.2 Å². The summed E-state index contributed by atoms with van der Waals surface area (Å²) < 4.78 is 0. The van der Waals surface area contributed by atoms with Gasteiger partial charge >= 0.3 is 5.97 Å². The number of aliphatic carboxylic acids is 1. The molecule has 0 aromatic carbocycles. The number of hydrogen-bond donors (Lipinski definition) is 6. The lowest BCUT2D eigenvalue weighted by atomic mass is 9.99. The van der Waals surface area contributed by atoms with Crippen molar-refractivity contribution in [3.63, 3.8) is 0 Å². The topological polar surface area (TPSA) is 151 Å². The molecule has 4 atom stereocenters. The Hall–Kier alpha value is -1.46. The number of nitrogens with one attached hydrogen (secondary N) is 3. The van der Waals surface area contributed by atoms with Crippen molar-refractivity contribution >= 4 is 48.1 Å². The predicted octanol–water partition coefficient (Wildman–Crippen LogP) is -0.787. The molecule has 11 heteroatoms. The largest absolute Gasteiger partial charge is 0.480 e. The lowest BCUT2D eigenvalue weighted by molar-refractivity contribution is -0.138. The Labute approximate surface area is 169 Å². The molecule has 0 saturated heterocycles. The van der Waals surface area contributed by atoms with Crippen LogP contribution in [0, 0.1) is 5.92 Å². The molecular weight excluding hydrogens is 392 g/mol. The Balaban J connectivity index is 4.99. The van der Waals surface area contributed by atoms with Gasteiger partial charge in [0.15, 0.2) is 0 Å². The van der Waals surface area contributed by atoms with Crippen molar-refractivity contribution in [3.8, 4) is 0 Å². The van der Waals surface area contributed by atoms with Gasteiger partial charge < -0.3 is 26.8 Å². The van der Waals surface area contributed by atoms with Gasteiger partial charge in [-0.3, -0.25) is 19.2 Å². The molecule has 0 heterocycles. The van der Waals surface area contributed by atoms with E-state index in [-0.39, 0.29) is 11.7 Å². The van der Waals surface area contributed by atoms with Crippen LogP contribution in [0.5, 0.6) is 0 Å². The van der Waals surface area contributed by atoms with E-state index >= 15 is 0 Å². The summed E-state index contributed by atoms with van der Waals surface area (Å²) >= 11 is 5.53. The Morgan fingerprint density at radius 1 is 1.11 bits per heavy atom. The van der Waals surface area contributed by atoms with E-state index in [0.717, 1.165) is 6.42 Å². The summed E-state index contributed by atoms with van der Waals surface area (Å²) in [4.78, 5) is 47.4. The van der Waals surface area contributed by atoms with Gasteiger partial charge in [-0.05, 0) is 24.3 Å². The van der Waals surface area contributed by atoms with Crippen LogP contribution in [0.25, 0.3) is 0 Å². The monoisotopic (exact) mass is 422 g/mol. The number of amides is 3. The van der Waals surface area contributed by atoms with Gasteiger partial charge in [-0.25, -0.2) is 0 Å². The molecule has 27 heavy (non-hydrogen) atoms. The van der Waals surface area contributed by atoms with E-state index in [4.69, 9.17) is 10.8 Å². The fraction of sp³-hybridized carbons (Fsp3) is 0.750. The molecule has 6 N–H and O–H groups in total. The third kappa shape index (κ3) is 9.87. The van der Waals surface area contributed by atoms with E-state index < -0.39 is 48.4 Å². The molecule has 0 aromatic rings. The van der Waals surface area contributed by atoms with Crippen LogP contribution in [0.4, 0.5) is 0 Å². The second-order valence-electron chi connectivity index (χ2n) is 6.11. The highest BCUT2D eigenvalue weighted by molar-refractivity contribution is 7.98. The highest BCUT2D eigenvalue weighted by Gasteiger charge is 2.28. The van der Waals surface area contributed by atoms with Crippen molar-refractivity contribution < 1.29 is 24.3 Å². The van der Waals surface area contributed by atoms with Crippen molar-refractivity contribution in [2.75, 3.05) is 24.3 Å². The number of carboxylic acids is 1. The third-order valence-corrected chi connectivity index (χ3v) is 5.04. The number of carbonyl (C=O) groups is 4. The first-order valence-electron chi connectivity index (χ1n) is 8.63. The molecule has 0 bridgehead atoms. The van der Waals surface area contributed by atoms with E-state index in [0.29, 0.717) is 12.2 Å². The van der Waals surface area contributed by atoms with Gasteiger partial charge in [0.25, 0.3) is 0 Å². The van der Waals surface area contributed by atoms with Gasteiger partial charge in [0.05, 0.1) is 6.04 Å². The van der Waals surface area contributed by atoms with Crippen LogP contribution in [0.1, 0.15) is 26.7 Å². The first-order valence-corrected chi connectivity index (χ1v) is 10.7. The molecule has 3 amide bonds. The molecule has 0 radical (unpaired) electrons. The summed E-state index contributed by atoms with van der Waals surface area (Å²) in [6.45, 7) is 3.21. The zero-order chi connectivity index (χ0) is 21.0. The first-order chi connectivity index (χ1) is 12.7. The number of thiol groups is 1. The maximum atomic E-state index is 12.6. The van der Waals surface area contributed by atoms with Crippen molar-refractivity contribution in [3.05, 3.63) is 0 Å². The molecule has 0 spiro atoms. The first kappa shape index (κ1) is 25.5. The number of nitrogens with two attached hydrogens (primary N) is 1. The lowest BCUT2D eigenvalue weighted by Crippen LogP contribution is -2.57. The third-order valence-electron chi connectivity index (χ3n) is 4.03. The molecule has 0 aromatic heterocycles. The fourth-order valence-electron chi connectivity index (χ4n) is 2.04. The number of carboxylic acid groups (broad SMARTS) is 1. The van der Waals surface area contributed by atoms with Crippen LogP contribution >= 0.6 is 24.4 Å². The van der Waals surface area contributed by atoms with Gasteiger partial charge in [-0.2, -0.15) is 24.4 Å². The highest BCUT2D eigenvalue weighted by Crippen LogP contribution is 2.07. The Morgan fingerprint density at radius 3 is 2.19 bits per heavy atom. The summed E-state index contributed by atoms with van der Waals surface area (Å²) in [6, 6.07) is -2.61. The van der Waals surface area contributed by atoms with Crippen LogP contribution in [0.2, 0.25) is 0 Å². The van der Waals surface area contributed by atoms with Gasteiger partial charge in [-0.15, -0.1) is 0 Å². The van der Waals surface area contributed by atoms with Crippen LogP contribution < -0.4 is 21.7 Å². The minimum Gasteiger partial charge on any atom is -0.480 e. The quantitative estimate of drug-likeness (QED) is 0.213. The van der Waals surface area contributed by atoms with Gasteiger partial charge in [0.1, 0.15) is 18.6 Å². The number of hydrogen-bond acceptors (Lipinski definition) is 7. The second-order valence-corrected chi connectivity index (χ2v) is 7.46. The minimum atomic E-state index is -1.20. The fourth-order valence-corrected chi connectivity index (χ4v) is 2.77. The molecule has 0 saturated carbocycles. The second kappa shape index (κ2) is 13.7. The summed E-state index contributed by atoms with van der Waals surface area (Å²) in [5.74, 6) is -2.27. The molecule has 4 unspecified atom stereocenters. The van der Waals surface area contributed by atoms with E-state index in [2.05, 4.69) is 28.6 Å². The van der Waals surface area contributed by atoms with E-state index in [1.807, 2.05) is 20.1 Å². The van der Waals surface area contributed by atoms with E-state index in [1.54, 1.807) is 0 Å². The van der Waals surface area contributed by atoms with Crippen LogP contribution in [0.3, 0.4) is 0 Å². The van der Waals surface area contributed by atoms with Crippen LogP contribution in [0.15, 0.2) is 0 Å². The molecule has 0 aliphatic rings. The van der Waals surface area contributed by atoms with Crippen molar-refractivity contribution in [2.45, 2.75) is 44.8 Å². The van der Waals surface area contributed by atoms with Crippen molar-refractivity contribution in [1.29, 1.82) is 0 Å². The SMILES string of the molecule is CCC(C)C(N)C(=O)NC(CCSC)C(=O)NC(CS)C(=O)NCC(=O)O. The summed E-state index contributed by atoms with van der Waals surface area (Å²) in [5.41, 5.74) is 5.91. The highest BCUT2D eigenvalue weighted by atomic mass is 32.2. The zero-order valence-corrected chi connectivity index (χ0v) is 17.6. The predicted molar refractivity (Wildman–Crippen MR) is 109 cm³/mol. The minimum absolute atomic E-state index is 0.0211. The number of carbonyl (C=O) groups excluding carboxylic acids is 3. The Kier molecular flexibility index (Phi) is 12.9. The van der Waals surface area contributed by atoms with Crippen LogP contribution in [-0.4, -0.2) is 71.2 Å². The normalized spacial score (nSPS) is 15.1. The molecule has 0 fully saturated rings. The number of rotatable bonds is 13. The summed E-state index contributed by atoms with van der Waals surface area (Å²) in [6.07, 6.45) is 2.96. The Bertz CT molecular complexity index is 521. The molecule has 0 rings (SSSR count). The smallest absolute Gasteiger partial charge is 0.322 e. The maximum Gasteiger partial charge on any atom is 0.322 e. The molecule has 0 aliphatic heterocycles. The van der Waals surface area contributed by atoms with Crippen molar-refractivity contribution in [2.24, 2.45) is 11.7 Å². The summed E-state index contributed by atoms with van der Waals surface area (Å²) in [7, 11) is 0. The molecule has 156 valence electrons. The van der Waals surface area contributed by atoms with E-state index in [1.165, 1.54) is 11.8 Å². The van der Waals surface area contributed by atoms with Gasteiger partial charge in [0.2, 0.25) is 17.7 Å². The van der Waals surface area contributed by atoms with Gasteiger partial charge in [-0.1, -0.05) is 20.3 Å². The summed E-state index contributed by atoms with van der Waals surface area (Å²) in [5, 5.41) is 16.0. The maximum absolute atomic E-state index is 12.6. The molecule has 0 aliphatic carbocycles. The Morgan fingerprint density at radius 2 is 1.70 bits per heavy atom. The average molecular weight is 423 g/mol. The zero-order valence-electron chi connectivity index (χ0n) is 15.9.